The van der Waals surface area contributed by atoms with Crippen LogP contribution in [0.5, 0.6) is 0 Å². The zero-order chi connectivity index (χ0) is 12.3. The van der Waals surface area contributed by atoms with Gasteiger partial charge in [0.15, 0.2) is 0 Å². The first-order valence-corrected chi connectivity index (χ1v) is 6.12. The molecule has 2 rings (SSSR count). The number of carbonyl (C=O) groups excluding carboxylic acids is 1. The molecule has 0 radical (unpaired) electrons. The second-order valence-electron chi connectivity index (χ2n) is 4.65. The van der Waals surface area contributed by atoms with E-state index in [-0.39, 0.29) is 0 Å². The fourth-order valence-electron chi connectivity index (χ4n) is 2.34. The summed E-state index contributed by atoms with van der Waals surface area (Å²) in [4.78, 5) is 11.2. The topological polar surface area (TPSA) is 81.1 Å². The monoisotopic (exact) mass is 233 g/mol. The summed E-state index contributed by atoms with van der Waals surface area (Å²) < 4.78 is 0. The lowest BCUT2D eigenvalue weighted by molar-refractivity contribution is 0.100. The number of nitrogens with one attached hydrogen (secondary N) is 1. The first-order chi connectivity index (χ1) is 8.16. The SMILES string of the molecule is NC(=O)c1cc(NC2CCCCC2)ccc1N. The van der Waals surface area contributed by atoms with Crippen molar-refractivity contribution in [2.24, 2.45) is 5.73 Å². The number of hydrogen-bond donors (Lipinski definition) is 3. The van der Waals surface area contributed by atoms with Crippen LogP contribution in [0.3, 0.4) is 0 Å². The summed E-state index contributed by atoms with van der Waals surface area (Å²) >= 11 is 0. The molecule has 0 atom stereocenters. The maximum atomic E-state index is 11.2. The summed E-state index contributed by atoms with van der Waals surface area (Å²) in [6, 6.07) is 5.88. The van der Waals surface area contributed by atoms with Crippen LogP contribution in [-0.2, 0) is 0 Å². The van der Waals surface area contributed by atoms with Crippen molar-refractivity contribution in [3.05, 3.63) is 23.8 Å². The number of carbonyl (C=O) groups is 1. The largest absolute Gasteiger partial charge is 0.398 e. The fourth-order valence-corrected chi connectivity index (χ4v) is 2.34. The van der Waals surface area contributed by atoms with E-state index in [0.717, 1.165) is 5.69 Å². The Morgan fingerprint density at radius 1 is 1.24 bits per heavy atom. The molecule has 0 heterocycles. The first-order valence-electron chi connectivity index (χ1n) is 6.12. The summed E-state index contributed by atoms with van der Waals surface area (Å²) in [5, 5.41) is 3.44. The molecule has 1 aliphatic rings. The van der Waals surface area contributed by atoms with Gasteiger partial charge in [-0.15, -0.1) is 0 Å². The van der Waals surface area contributed by atoms with Crippen LogP contribution in [0.2, 0.25) is 0 Å². The molecule has 17 heavy (non-hydrogen) atoms. The van der Waals surface area contributed by atoms with Crippen molar-refractivity contribution in [3.8, 4) is 0 Å². The molecule has 1 amide bonds. The molecule has 1 aliphatic carbocycles. The Morgan fingerprint density at radius 3 is 2.59 bits per heavy atom. The number of primary amides is 1. The summed E-state index contributed by atoms with van der Waals surface area (Å²) in [6.07, 6.45) is 6.25. The van der Waals surface area contributed by atoms with Gasteiger partial charge in [0.05, 0.1) is 5.56 Å². The molecule has 0 unspecified atom stereocenters. The molecule has 0 bridgehead atoms. The van der Waals surface area contributed by atoms with E-state index >= 15 is 0 Å². The van der Waals surface area contributed by atoms with Gasteiger partial charge in [0.1, 0.15) is 0 Å². The van der Waals surface area contributed by atoms with Crippen LogP contribution in [0.25, 0.3) is 0 Å². The third-order valence-electron chi connectivity index (χ3n) is 3.29. The zero-order valence-electron chi connectivity index (χ0n) is 9.91. The molecule has 4 heteroatoms. The minimum atomic E-state index is -0.477. The molecule has 5 N–H and O–H groups in total. The van der Waals surface area contributed by atoms with Crippen molar-refractivity contribution >= 4 is 17.3 Å². The average Bonchev–Trinajstić information content (AvgIpc) is 2.32. The van der Waals surface area contributed by atoms with Gasteiger partial charge in [0.25, 0.3) is 5.91 Å². The zero-order valence-corrected chi connectivity index (χ0v) is 9.91. The highest BCUT2D eigenvalue weighted by atomic mass is 16.1. The van der Waals surface area contributed by atoms with E-state index in [4.69, 9.17) is 11.5 Å². The van der Waals surface area contributed by atoms with Gasteiger partial charge in [0, 0.05) is 17.4 Å². The van der Waals surface area contributed by atoms with Crippen LogP contribution in [0.15, 0.2) is 18.2 Å². The van der Waals surface area contributed by atoms with Gasteiger partial charge < -0.3 is 16.8 Å². The number of anilines is 2. The maximum Gasteiger partial charge on any atom is 0.250 e. The molecule has 0 saturated heterocycles. The molecule has 92 valence electrons. The maximum absolute atomic E-state index is 11.2. The van der Waals surface area contributed by atoms with Crippen LogP contribution in [0.1, 0.15) is 42.5 Å². The molecule has 1 aromatic carbocycles. The second kappa shape index (κ2) is 5.08. The molecule has 0 aromatic heterocycles. The van der Waals surface area contributed by atoms with Gasteiger partial charge in [-0.2, -0.15) is 0 Å². The second-order valence-corrected chi connectivity index (χ2v) is 4.65. The van der Waals surface area contributed by atoms with Crippen molar-refractivity contribution in [2.75, 3.05) is 11.1 Å². The summed E-state index contributed by atoms with van der Waals surface area (Å²) in [5.74, 6) is -0.477. The molecular weight excluding hydrogens is 214 g/mol. The van der Waals surface area contributed by atoms with Crippen LogP contribution >= 0.6 is 0 Å². The first kappa shape index (κ1) is 11.8. The van der Waals surface area contributed by atoms with Gasteiger partial charge in [-0.1, -0.05) is 19.3 Å². The van der Waals surface area contributed by atoms with Crippen molar-refractivity contribution in [2.45, 2.75) is 38.1 Å². The van der Waals surface area contributed by atoms with Gasteiger partial charge in [-0.25, -0.2) is 0 Å². The molecule has 0 aliphatic heterocycles. The van der Waals surface area contributed by atoms with E-state index in [1.54, 1.807) is 12.1 Å². The predicted octanol–water partition coefficient (Wildman–Crippen LogP) is 2.11. The summed E-state index contributed by atoms with van der Waals surface area (Å²) in [6.45, 7) is 0. The Bertz CT molecular complexity index is 411. The molecule has 0 spiro atoms. The minimum Gasteiger partial charge on any atom is -0.398 e. The normalized spacial score (nSPS) is 16.7. The Kier molecular flexibility index (Phi) is 3.52. The molecule has 4 nitrogen and oxygen atoms in total. The predicted molar refractivity (Wildman–Crippen MR) is 69.9 cm³/mol. The van der Waals surface area contributed by atoms with E-state index < -0.39 is 5.91 Å². The van der Waals surface area contributed by atoms with E-state index in [9.17, 15) is 4.79 Å². The Hall–Kier alpha value is -1.71. The third-order valence-corrected chi connectivity index (χ3v) is 3.29. The Morgan fingerprint density at radius 2 is 1.94 bits per heavy atom. The highest BCUT2D eigenvalue weighted by Gasteiger charge is 2.14. The van der Waals surface area contributed by atoms with Crippen molar-refractivity contribution in [1.82, 2.24) is 0 Å². The summed E-state index contributed by atoms with van der Waals surface area (Å²) in [5.41, 5.74) is 12.7. The van der Waals surface area contributed by atoms with E-state index in [2.05, 4.69) is 5.32 Å². The number of benzene rings is 1. The van der Waals surface area contributed by atoms with Crippen molar-refractivity contribution in [3.63, 3.8) is 0 Å². The van der Waals surface area contributed by atoms with Gasteiger partial charge in [-0.3, -0.25) is 4.79 Å². The van der Waals surface area contributed by atoms with Crippen LogP contribution in [0.4, 0.5) is 11.4 Å². The van der Waals surface area contributed by atoms with E-state index in [0.29, 0.717) is 17.3 Å². The van der Waals surface area contributed by atoms with Gasteiger partial charge in [0.2, 0.25) is 0 Å². The number of rotatable bonds is 3. The van der Waals surface area contributed by atoms with Crippen LogP contribution < -0.4 is 16.8 Å². The lowest BCUT2D eigenvalue weighted by Gasteiger charge is -2.24. The molecule has 1 saturated carbocycles. The fraction of sp³-hybridized carbons (Fsp3) is 0.462. The lowest BCUT2D eigenvalue weighted by atomic mass is 9.95. The van der Waals surface area contributed by atoms with E-state index in [1.165, 1.54) is 32.1 Å². The van der Waals surface area contributed by atoms with Crippen molar-refractivity contribution in [1.29, 1.82) is 0 Å². The van der Waals surface area contributed by atoms with Crippen LogP contribution in [0, 0.1) is 0 Å². The highest BCUT2D eigenvalue weighted by Crippen LogP contribution is 2.23. The quantitative estimate of drug-likeness (QED) is 0.699. The smallest absolute Gasteiger partial charge is 0.250 e. The molecular formula is C13H19N3O. The number of nitrogens with two attached hydrogens (primary N) is 2. The highest BCUT2D eigenvalue weighted by molar-refractivity contribution is 5.98. The Balaban J connectivity index is 2.10. The number of hydrogen-bond acceptors (Lipinski definition) is 3. The van der Waals surface area contributed by atoms with Gasteiger partial charge >= 0.3 is 0 Å². The number of amides is 1. The average molecular weight is 233 g/mol. The molecule has 1 aromatic rings. The number of nitrogen functional groups attached to an aromatic ring is 1. The van der Waals surface area contributed by atoms with Crippen LogP contribution in [-0.4, -0.2) is 11.9 Å². The summed E-state index contributed by atoms with van der Waals surface area (Å²) in [7, 11) is 0. The van der Waals surface area contributed by atoms with Gasteiger partial charge in [-0.05, 0) is 31.0 Å². The Labute approximate surface area is 101 Å². The van der Waals surface area contributed by atoms with E-state index in [1.807, 2.05) is 6.07 Å². The minimum absolute atomic E-state index is 0.394. The molecule has 1 fully saturated rings. The van der Waals surface area contributed by atoms with Crippen molar-refractivity contribution < 1.29 is 4.79 Å². The third kappa shape index (κ3) is 2.90. The lowest BCUT2D eigenvalue weighted by Crippen LogP contribution is -2.22. The standard InChI is InChI=1S/C13H19N3O/c14-12-7-6-10(8-11(12)13(15)17)16-9-4-2-1-3-5-9/h6-9,16H,1-5,14H2,(H2,15,17).